The van der Waals surface area contributed by atoms with Gasteiger partial charge < -0.3 is 0 Å². The van der Waals surface area contributed by atoms with Crippen molar-refractivity contribution in [1.29, 1.82) is 0 Å². The Morgan fingerprint density at radius 1 is 1.30 bits per heavy atom. The standard InChI is InChI=1S/C5H6N2.C3H8/c1-5-2-3-6-7-4-5;1-3-2/h2-4H,1H3;3H2,1-2H3. The summed E-state index contributed by atoms with van der Waals surface area (Å²) in [5.41, 5.74) is 1.15. The van der Waals surface area contributed by atoms with E-state index in [0.29, 0.717) is 0 Å². The molecule has 0 radical (unpaired) electrons. The first-order chi connectivity index (χ1) is 4.81. The van der Waals surface area contributed by atoms with E-state index in [9.17, 15) is 0 Å². The van der Waals surface area contributed by atoms with Crippen molar-refractivity contribution in [3.05, 3.63) is 24.0 Å². The van der Waals surface area contributed by atoms with Gasteiger partial charge in [0.25, 0.3) is 0 Å². The van der Waals surface area contributed by atoms with Gasteiger partial charge in [0.05, 0.1) is 6.20 Å². The average Bonchev–Trinajstić information content (AvgIpc) is 1.91. The molecule has 0 N–H and O–H groups in total. The number of nitrogens with zero attached hydrogens (tertiary/aromatic N) is 2. The smallest absolute Gasteiger partial charge is 0.0525 e. The first-order valence-corrected chi connectivity index (χ1v) is 3.54. The Morgan fingerprint density at radius 2 is 1.90 bits per heavy atom. The van der Waals surface area contributed by atoms with Crippen LogP contribution in [0.25, 0.3) is 0 Å². The quantitative estimate of drug-likeness (QED) is 0.549. The maximum Gasteiger partial charge on any atom is 0.0525 e. The van der Waals surface area contributed by atoms with Crippen molar-refractivity contribution >= 4 is 0 Å². The minimum Gasteiger partial charge on any atom is -0.159 e. The second kappa shape index (κ2) is 6.20. The second-order valence-corrected chi connectivity index (χ2v) is 2.13. The predicted molar refractivity (Wildman–Crippen MR) is 42.7 cm³/mol. The van der Waals surface area contributed by atoms with Crippen LogP contribution in [0.1, 0.15) is 25.8 Å². The summed E-state index contributed by atoms with van der Waals surface area (Å²) in [7, 11) is 0. The van der Waals surface area contributed by atoms with E-state index in [1.807, 2.05) is 13.0 Å². The predicted octanol–water partition coefficient (Wildman–Crippen LogP) is 2.20. The molecule has 0 unspecified atom stereocenters. The van der Waals surface area contributed by atoms with E-state index in [4.69, 9.17) is 0 Å². The molecule has 1 aromatic rings. The molecule has 0 spiro atoms. The third-order valence-corrected chi connectivity index (χ3v) is 0.732. The SMILES string of the molecule is CCC.Cc1ccnnc1. The maximum absolute atomic E-state index is 3.63. The van der Waals surface area contributed by atoms with Gasteiger partial charge in [-0.2, -0.15) is 10.2 Å². The van der Waals surface area contributed by atoms with Gasteiger partial charge in [-0.1, -0.05) is 20.3 Å². The Balaban J connectivity index is 0.000000236. The van der Waals surface area contributed by atoms with Gasteiger partial charge in [-0.3, -0.25) is 0 Å². The van der Waals surface area contributed by atoms with Gasteiger partial charge >= 0.3 is 0 Å². The van der Waals surface area contributed by atoms with E-state index < -0.39 is 0 Å². The van der Waals surface area contributed by atoms with Crippen molar-refractivity contribution in [2.75, 3.05) is 0 Å². The summed E-state index contributed by atoms with van der Waals surface area (Å²) in [5, 5.41) is 7.23. The lowest BCUT2D eigenvalue weighted by Crippen LogP contribution is -1.76. The van der Waals surface area contributed by atoms with Gasteiger partial charge in [-0.25, -0.2) is 0 Å². The molecule has 10 heavy (non-hydrogen) atoms. The van der Waals surface area contributed by atoms with Crippen molar-refractivity contribution in [3.63, 3.8) is 0 Å². The van der Waals surface area contributed by atoms with E-state index >= 15 is 0 Å². The molecule has 0 fully saturated rings. The van der Waals surface area contributed by atoms with Crippen molar-refractivity contribution in [2.24, 2.45) is 0 Å². The Hall–Kier alpha value is -0.920. The molecule has 2 nitrogen and oxygen atoms in total. The third kappa shape index (κ3) is 5.22. The summed E-state index contributed by atoms with van der Waals surface area (Å²) in [6, 6.07) is 1.91. The van der Waals surface area contributed by atoms with E-state index in [1.54, 1.807) is 12.4 Å². The summed E-state index contributed by atoms with van der Waals surface area (Å²) in [4.78, 5) is 0. The van der Waals surface area contributed by atoms with Crippen LogP contribution in [0.5, 0.6) is 0 Å². The Morgan fingerprint density at radius 3 is 2.10 bits per heavy atom. The maximum atomic E-state index is 3.63. The topological polar surface area (TPSA) is 25.8 Å². The van der Waals surface area contributed by atoms with Crippen LogP contribution in [0.4, 0.5) is 0 Å². The van der Waals surface area contributed by atoms with Crippen LogP contribution in [0, 0.1) is 6.92 Å². The summed E-state index contributed by atoms with van der Waals surface area (Å²) in [5.74, 6) is 0. The molecule has 1 aromatic heterocycles. The highest BCUT2D eigenvalue weighted by molar-refractivity contribution is 5.00. The summed E-state index contributed by atoms with van der Waals surface area (Å²) >= 11 is 0. The van der Waals surface area contributed by atoms with Crippen LogP contribution in [-0.4, -0.2) is 10.2 Å². The number of aromatic nitrogens is 2. The zero-order valence-electron chi connectivity index (χ0n) is 6.83. The van der Waals surface area contributed by atoms with Gasteiger partial charge in [0.2, 0.25) is 0 Å². The van der Waals surface area contributed by atoms with Crippen LogP contribution in [0.2, 0.25) is 0 Å². The van der Waals surface area contributed by atoms with Gasteiger partial charge in [-0.05, 0) is 18.6 Å². The number of hydrogen-bond donors (Lipinski definition) is 0. The summed E-state index contributed by atoms with van der Waals surface area (Å²) < 4.78 is 0. The molecule has 0 amide bonds. The molecule has 56 valence electrons. The van der Waals surface area contributed by atoms with Crippen LogP contribution < -0.4 is 0 Å². The van der Waals surface area contributed by atoms with Crippen molar-refractivity contribution < 1.29 is 0 Å². The molecule has 0 bridgehead atoms. The van der Waals surface area contributed by atoms with E-state index in [-0.39, 0.29) is 0 Å². The molecule has 0 atom stereocenters. The Labute approximate surface area is 62.3 Å². The lowest BCUT2D eigenvalue weighted by molar-refractivity contribution is 1.01. The molecular weight excluding hydrogens is 124 g/mol. The minimum atomic E-state index is 1.15. The van der Waals surface area contributed by atoms with Crippen LogP contribution in [-0.2, 0) is 0 Å². The number of hydrogen-bond acceptors (Lipinski definition) is 2. The molecule has 0 aliphatic carbocycles. The molecule has 1 heterocycles. The van der Waals surface area contributed by atoms with E-state index in [1.165, 1.54) is 6.42 Å². The highest BCUT2D eigenvalue weighted by atomic mass is 15.1. The van der Waals surface area contributed by atoms with E-state index in [0.717, 1.165) is 5.56 Å². The van der Waals surface area contributed by atoms with Crippen molar-refractivity contribution in [1.82, 2.24) is 10.2 Å². The molecule has 2 heteroatoms. The summed E-state index contributed by atoms with van der Waals surface area (Å²) in [6.07, 6.45) is 4.65. The average molecular weight is 138 g/mol. The van der Waals surface area contributed by atoms with Crippen molar-refractivity contribution in [2.45, 2.75) is 27.2 Å². The Bertz CT molecular complexity index is 149. The van der Waals surface area contributed by atoms with Gasteiger partial charge in [-0.15, -0.1) is 0 Å². The van der Waals surface area contributed by atoms with E-state index in [2.05, 4.69) is 24.0 Å². The highest BCUT2D eigenvalue weighted by Crippen LogP contribution is 1.85. The zero-order valence-corrected chi connectivity index (χ0v) is 6.83. The fraction of sp³-hybridized carbons (Fsp3) is 0.500. The molecule has 0 saturated heterocycles. The molecule has 0 aromatic carbocycles. The monoisotopic (exact) mass is 138 g/mol. The van der Waals surface area contributed by atoms with Crippen LogP contribution in [0.3, 0.4) is 0 Å². The van der Waals surface area contributed by atoms with Gasteiger partial charge in [0.15, 0.2) is 0 Å². The van der Waals surface area contributed by atoms with Crippen molar-refractivity contribution in [3.8, 4) is 0 Å². The second-order valence-electron chi connectivity index (χ2n) is 2.13. The Kier molecular flexibility index (Phi) is 5.63. The normalized spacial score (nSPS) is 7.90. The van der Waals surface area contributed by atoms with Crippen LogP contribution >= 0.6 is 0 Å². The van der Waals surface area contributed by atoms with Gasteiger partial charge in [0, 0.05) is 6.20 Å². The first-order valence-electron chi connectivity index (χ1n) is 3.54. The lowest BCUT2D eigenvalue weighted by Gasteiger charge is -1.80. The fourth-order valence-electron chi connectivity index (χ4n) is 0.357. The molecule has 1 rings (SSSR count). The number of rotatable bonds is 0. The summed E-state index contributed by atoms with van der Waals surface area (Å²) in [6.45, 7) is 6.23. The lowest BCUT2D eigenvalue weighted by atomic mass is 10.4. The first kappa shape index (κ1) is 9.08. The number of aryl methyl sites for hydroxylation is 1. The zero-order chi connectivity index (χ0) is 7.82. The van der Waals surface area contributed by atoms with Gasteiger partial charge in [0.1, 0.15) is 0 Å². The fourth-order valence-corrected chi connectivity index (χ4v) is 0.357. The molecule has 0 saturated carbocycles. The molecule has 0 aliphatic heterocycles. The molecule has 0 aliphatic rings. The van der Waals surface area contributed by atoms with Crippen LogP contribution in [0.15, 0.2) is 18.5 Å². The minimum absolute atomic E-state index is 1.15. The highest BCUT2D eigenvalue weighted by Gasteiger charge is 1.74. The third-order valence-electron chi connectivity index (χ3n) is 0.732. The molecular formula is C8H14N2. The largest absolute Gasteiger partial charge is 0.159 e.